The van der Waals surface area contributed by atoms with Crippen LogP contribution in [0.25, 0.3) is 0 Å². The molecule has 0 aliphatic rings. The Balaban J connectivity index is 2.45. The van der Waals surface area contributed by atoms with Crippen LogP contribution in [0.15, 0.2) is 18.5 Å². The number of H-pyrrole nitrogens is 1. The molecular formula is C10H9F2N3O. The lowest BCUT2D eigenvalue weighted by Gasteiger charge is -2.10. The van der Waals surface area contributed by atoms with Gasteiger partial charge in [0.15, 0.2) is 17.5 Å². The van der Waals surface area contributed by atoms with Crippen LogP contribution in [0.3, 0.4) is 0 Å². The zero-order chi connectivity index (χ0) is 11.7. The summed E-state index contributed by atoms with van der Waals surface area (Å²) in [5, 5.41) is 15.7. The van der Waals surface area contributed by atoms with Gasteiger partial charge in [-0.1, -0.05) is 12.1 Å². The lowest BCUT2D eigenvalue weighted by Crippen LogP contribution is -2.07. The normalized spacial score (nSPS) is 12.8. The standard InChI is InChI=1S/C10H9F2N3O/c1-5-2-3-6(8(12)7(5)11)9(16)10-13-4-14-15-10/h2-4,9,16H,1H3,(H,13,14,15). The van der Waals surface area contributed by atoms with E-state index in [1.54, 1.807) is 0 Å². The Morgan fingerprint density at radius 2 is 2.06 bits per heavy atom. The summed E-state index contributed by atoms with van der Waals surface area (Å²) in [7, 11) is 0. The van der Waals surface area contributed by atoms with Crippen molar-refractivity contribution in [1.29, 1.82) is 0 Å². The van der Waals surface area contributed by atoms with Gasteiger partial charge in [-0.3, -0.25) is 5.10 Å². The molecular weight excluding hydrogens is 216 g/mol. The van der Waals surface area contributed by atoms with Crippen molar-refractivity contribution in [3.05, 3.63) is 47.0 Å². The molecule has 16 heavy (non-hydrogen) atoms. The quantitative estimate of drug-likeness (QED) is 0.813. The second kappa shape index (κ2) is 3.97. The Morgan fingerprint density at radius 3 is 2.69 bits per heavy atom. The molecule has 0 spiro atoms. The fourth-order valence-electron chi connectivity index (χ4n) is 1.37. The van der Waals surface area contributed by atoms with Gasteiger partial charge >= 0.3 is 0 Å². The van der Waals surface area contributed by atoms with Crippen LogP contribution in [0.2, 0.25) is 0 Å². The van der Waals surface area contributed by atoms with E-state index in [0.717, 1.165) is 0 Å². The van der Waals surface area contributed by atoms with Crippen LogP contribution in [0.5, 0.6) is 0 Å². The summed E-state index contributed by atoms with van der Waals surface area (Å²) in [4.78, 5) is 3.68. The molecule has 0 fully saturated rings. The molecule has 1 atom stereocenters. The highest BCUT2D eigenvalue weighted by Crippen LogP contribution is 2.24. The molecule has 84 valence electrons. The molecule has 2 N–H and O–H groups in total. The summed E-state index contributed by atoms with van der Waals surface area (Å²) >= 11 is 0. The van der Waals surface area contributed by atoms with E-state index in [-0.39, 0.29) is 17.0 Å². The fraction of sp³-hybridized carbons (Fsp3) is 0.200. The minimum atomic E-state index is -1.35. The number of halogens is 2. The third kappa shape index (κ3) is 1.67. The van der Waals surface area contributed by atoms with Crippen molar-refractivity contribution in [2.75, 3.05) is 0 Å². The maximum Gasteiger partial charge on any atom is 0.165 e. The zero-order valence-electron chi connectivity index (χ0n) is 8.41. The first-order valence-electron chi connectivity index (χ1n) is 4.59. The number of rotatable bonds is 2. The van der Waals surface area contributed by atoms with E-state index in [2.05, 4.69) is 15.2 Å². The molecule has 0 aliphatic heterocycles. The van der Waals surface area contributed by atoms with Gasteiger partial charge in [-0.2, -0.15) is 5.10 Å². The van der Waals surface area contributed by atoms with E-state index in [1.165, 1.54) is 25.4 Å². The topological polar surface area (TPSA) is 61.8 Å². The van der Waals surface area contributed by atoms with Crippen LogP contribution in [0.1, 0.15) is 23.1 Å². The lowest BCUT2D eigenvalue weighted by molar-refractivity contribution is 0.203. The first-order valence-corrected chi connectivity index (χ1v) is 4.59. The van der Waals surface area contributed by atoms with Crippen LogP contribution in [-0.4, -0.2) is 20.3 Å². The van der Waals surface area contributed by atoms with Gasteiger partial charge in [0.05, 0.1) is 0 Å². The Labute approximate surface area is 90.0 Å². The molecule has 1 aromatic heterocycles. The molecule has 0 bridgehead atoms. The summed E-state index contributed by atoms with van der Waals surface area (Å²) in [5.74, 6) is -1.96. The van der Waals surface area contributed by atoms with Gasteiger partial charge in [0.2, 0.25) is 0 Å². The van der Waals surface area contributed by atoms with Gasteiger partial charge in [0.25, 0.3) is 0 Å². The third-order valence-corrected chi connectivity index (χ3v) is 2.29. The molecule has 4 nitrogen and oxygen atoms in total. The third-order valence-electron chi connectivity index (χ3n) is 2.29. The molecule has 1 heterocycles. The van der Waals surface area contributed by atoms with Crippen molar-refractivity contribution in [3.63, 3.8) is 0 Å². The second-order valence-corrected chi connectivity index (χ2v) is 3.37. The SMILES string of the molecule is Cc1ccc(C(O)c2ncn[nH]2)c(F)c1F. The van der Waals surface area contributed by atoms with E-state index in [9.17, 15) is 13.9 Å². The van der Waals surface area contributed by atoms with E-state index >= 15 is 0 Å². The van der Waals surface area contributed by atoms with Gasteiger partial charge in [0.1, 0.15) is 12.4 Å². The van der Waals surface area contributed by atoms with Gasteiger partial charge < -0.3 is 5.11 Å². The number of benzene rings is 1. The Morgan fingerprint density at radius 1 is 1.31 bits per heavy atom. The minimum absolute atomic E-state index is 0.0714. The largest absolute Gasteiger partial charge is 0.380 e. The minimum Gasteiger partial charge on any atom is -0.380 e. The molecule has 0 radical (unpaired) electrons. The van der Waals surface area contributed by atoms with Crippen LogP contribution in [0.4, 0.5) is 8.78 Å². The van der Waals surface area contributed by atoms with Crippen LogP contribution in [-0.2, 0) is 0 Å². The molecule has 0 aliphatic carbocycles. The highest BCUT2D eigenvalue weighted by Gasteiger charge is 2.20. The van der Waals surface area contributed by atoms with E-state index in [4.69, 9.17) is 0 Å². The van der Waals surface area contributed by atoms with Gasteiger partial charge in [-0.05, 0) is 12.5 Å². The van der Waals surface area contributed by atoms with Crippen LogP contribution < -0.4 is 0 Å². The number of aliphatic hydroxyl groups is 1. The molecule has 6 heteroatoms. The monoisotopic (exact) mass is 225 g/mol. The maximum absolute atomic E-state index is 13.5. The average molecular weight is 225 g/mol. The van der Waals surface area contributed by atoms with Crippen LogP contribution >= 0.6 is 0 Å². The van der Waals surface area contributed by atoms with Crippen molar-refractivity contribution in [1.82, 2.24) is 15.2 Å². The number of aliphatic hydroxyl groups excluding tert-OH is 1. The number of aryl methyl sites for hydroxylation is 1. The Kier molecular flexibility index (Phi) is 2.66. The Bertz CT molecular complexity index is 499. The second-order valence-electron chi connectivity index (χ2n) is 3.37. The molecule has 2 rings (SSSR count). The number of hydrogen-bond acceptors (Lipinski definition) is 3. The van der Waals surface area contributed by atoms with Crippen molar-refractivity contribution < 1.29 is 13.9 Å². The number of nitrogens with one attached hydrogen (secondary N) is 1. The maximum atomic E-state index is 13.5. The van der Waals surface area contributed by atoms with Crippen molar-refractivity contribution in [2.24, 2.45) is 0 Å². The van der Waals surface area contributed by atoms with Gasteiger partial charge in [0, 0.05) is 5.56 Å². The van der Waals surface area contributed by atoms with Crippen molar-refractivity contribution in [3.8, 4) is 0 Å². The van der Waals surface area contributed by atoms with Crippen molar-refractivity contribution >= 4 is 0 Å². The van der Waals surface area contributed by atoms with Gasteiger partial charge in [-0.15, -0.1) is 0 Å². The van der Waals surface area contributed by atoms with E-state index in [0.29, 0.717) is 0 Å². The average Bonchev–Trinajstić information content (AvgIpc) is 2.79. The number of aromatic amines is 1. The number of hydrogen-bond donors (Lipinski definition) is 2. The number of aromatic nitrogens is 3. The van der Waals surface area contributed by atoms with Crippen molar-refractivity contribution in [2.45, 2.75) is 13.0 Å². The highest BCUT2D eigenvalue weighted by molar-refractivity contribution is 5.29. The highest BCUT2D eigenvalue weighted by atomic mass is 19.2. The predicted molar refractivity (Wildman–Crippen MR) is 51.5 cm³/mol. The lowest BCUT2D eigenvalue weighted by atomic mass is 10.1. The first-order chi connectivity index (χ1) is 7.61. The predicted octanol–water partition coefficient (Wildman–Crippen LogP) is 1.47. The van der Waals surface area contributed by atoms with Crippen LogP contribution in [0, 0.1) is 18.6 Å². The summed E-state index contributed by atoms with van der Waals surface area (Å²) in [5.41, 5.74) is 0.0193. The smallest absolute Gasteiger partial charge is 0.165 e. The summed E-state index contributed by atoms with van der Waals surface area (Å²) in [6.07, 6.45) is -0.168. The molecule has 0 amide bonds. The fourth-order valence-corrected chi connectivity index (χ4v) is 1.37. The molecule has 2 aromatic rings. The Hall–Kier alpha value is -1.82. The summed E-state index contributed by atoms with van der Waals surface area (Å²) < 4.78 is 26.8. The zero-order valence-corrected chi connectivity index (χ0v) is 8.41. The van der Waals surface area contributed by atoms with Gasteiger partial charge in [-0.25, -0.2) is 13.8 Å². The molecule has 0 saturated carbocycles. The van der Waals surface area contributed by atoms with E-state index < -0.39 is 17.7 Å². The molecule has 1 aromatic carbocycles. The molecule has 1 unspecified atom stereocenters. The summed E-state index contributed by atoms with van der Waals surface area (Å²) in [6.45, 7) is 1.45. The summed E-state index contributed by atoms with van der Waals surface area (Å²) in [6, 6.07) is 2.72. The number of nitrogens with zero attached hydrogens (tertiary/aromatic N) is 2. The molecule has 0 saturated heterocycles. The van der Waals surface area contributed by atoms with E-state index in [1.807, 2.05) is 0 Å². The first kappa shape index (κ1) is 10.7.